The molecule has 0 aromatic rings. The molecule has 242 valence electrons. The van der Waals surface area contributed by atoms with Crippen LogP contribution in [0.25, 0.3) is 0 Å². The van der Waals surface area contributed by atoms with Crippen molar-refractivity contribution in [2.24, 2.45) is 0 Å². The van der Waals surface area contributed by atoms with Crippen molar-refractivity contribution in [2.45, 2.75) is 109 Å². The molecular weight excluding hydrogens is 550 g/mol. The van der Waals surface area contributed by atoms with Gasteiger partial charge in [0, 0.05) is 58.4 Å². The maximum absolute atomic E-state index is 11.9. The van der Waals surface area contributed by atoms with E-state index in [0.29, 0.717) is 65.1 Å². The van der Waals surface area contributed by atoms with Crippen molar-refractivity contribution < 1.29 is 48.5 Å². The maximum Gasteiger partial charge on any atom is 0.326 e. The lowest BCUT2D eigenvalue weighted by Crippen LogP contribution is -2.41. The van der Waals surface area contributed by atoms with E-state index in [0.717, 1.165) is 51.4 Å². The Kier molecular flexibility index (Phi) is 26.0. The number of amides is 3. The zero-order valence-electron chi connectivity index (χ0n) is 24.9. The van der Waals surface area contributed by atoms with E-state index in [9.17, 15) is 28.8 Å². The topological polar surface area (TPSA) is 197 Å². The molecule has 0 saturated heterocycles. The predicted octanol–water partition coefficient (Wildman–Crippen LogP) is 2.35. The highest BCUT2D eigenvalue weighted by atomic mass is 16.5. The summed E-state index contributed by atoms with van der Waals surface area (Å²) in [4.78, 5) is 67.4. The van der Waals surface area contributed by atoms with Gasteiger partial charge in [-0.2, -0.15) is 0 Å². The number of ether oxygens (including phenoxy) is 2. The predicted molar refractivity (Wildman–Crippen MR) is 155 cm³/mol. The molecule has 13 heteroatoms. The zero-order chi connectivity index (χ0) is 31.3. The van der Waals surface area contributed by atoms with Crippen LogP contribution in [-0.2, 0) is 38.2 Å². The Morgan fingerprint density at radius 3 is 1.57 bits per heavy atom. The minimum absolute atomic E-state index is 0.00398. The van der Waals surface area contributed by atoms with Crippen molar-refractivity contribution >= 4 is 35.9 Å². The number of carboxylic acid groups (broad SMARTS) is 2. The molecule has 0 radical (unpaired) electrons. The summed E-state index contributed by atoms with van der Waals surface area (Å²) in [6.45, 7) is 2.75. The van der Waals surface area contributed by atoms with Crippen LogP contribution >= 0.6 is 0 Å². The molecule has 5 N–H and O–H groups in total. The minimum Gasteiger partial charge on any atom is -0.481 e. The smallest absolute Gasteiger partial charge is 0.326 e. The van der Waals surface area contributed by atoms with Gasteiger partial charge in [0.05, 0.1) is 13.2 Å². The average molecular weight is 602 g/mol. The average Bonchev–Trinajstić information content (AvgIpc) is 2.95. The van der Waals surface area contributed by atoms with Gasteiger partial charge in [0.2, 0.25) is 17.7 Å². The van der Waals surface area contributed by atoms with Crippen LogP contribution in [0.15, 0.2) is 0 Å². The van der Waals surface area contributed by atoms with E-state index in [-0.39, 0.29) is 43.9 Å². The summed E-state index contributed by atoms with van der Waals surface area (Å²) in [7, 11) is 0. The van der Waals surface area contributed by atoms with Crippen molar-refractivity contribution in [2.75, 3.05) is 39.5 Å². The van der Waals surface area contributed by atoms with Crippen LogP contribution in [-0.4, -0.2) is 91.7 Å². The van der Waals surface area contributed by atoms with Crippen LogP contribution in [0.5, 0.6) is 0 Å². The normalized spacial score (nSPS) is 11.4. The molecule has 0 saturated carbocycles. The van der Waals surface area contributed by atoms with Gasteiger partial charge in [-0.15, -0.1) is 0 Å². The third kappa shape index (κ3) is 27.1. The fourth-order valence-corrected chi connectivity index (χ4v) is 3.91. The van der Waals surface area contributed by atoms with Crippen LogP contribution in [0, 0.1) is 0 Å². The highest BCUT2D eigenvalue weighted by molar-refractivity contribution is 5.87. The third-order valence-corrected chi connectivity index (χ3v) is 6.28. The summed E-state index contributed by atoms with van der Waals surface area (Å²) in [6.07, 6.45) is 10.5. The van der Waals surface area contributed by atoms with Crippen LogP contribution in [0.4, 0.5) is 0 Å². The number of carbonyl (C=O) groups excluding carboxylic acids is 4. The lowest BCUT2D eigenvalue weighted by atomic mass is 10.1. The van der Waals surface area contributed by atoms with Crippen LogP contribution in [0.1, 0.15) is 103 Å². The van der Waals surface area contributed by atoms with Crippen molar-refractivity contribution in [3.05, 3.63) is 0 Å². The lowest BCUT2D eigenvalue weighted by Gasteiger charge is -2.13. The molecule has 0 aliphatic heterocycles. The molecular formula is C29H51N3O10. The molecule has 0 rings (SSSR count). The molecule has 0 fully saturated rings. The Labute approximate surface area is 248 Å². The monoisotopic (exact) mass is 601 g/mol. The number of unbranched alkanes of at least 4 members (excludes halogenated alkanes) is 7. The quantitative estimate of drug-likeness (QED) is 0.0602. The molecule has 3 amide bonds. The molecule has 0 bridgehead atoms. The number of aliphatic carboxylic acids is 2. The van der Waals surface area contributed by atoms with E-state index in [1.54, 1.807) is 0 Å². The molecule has 1 atom stereocenters. The van der Waals surface area contributed by atoms with Crippen molar-refractivity contribution in [1.29, 1.82) is 0 Å². The second kappa shape index (κ2) is 28.1. The van der Waals surface area contributed by atoms with E-state index in [4.69, 9.17) is 19.7 Å². The first-order valence-corrected chi connectivity index (χ1v) is 15.1. The first kappa shape index (κ1) is 38.9. The Bertz CT molecular complexity index is 779. The zero-order valence-corrected chi connectivity index (χ0v) is 24.9. The van der Waals surface area contributed by atoms with Crippen LogP contribution in [0.3, 0.4) is 0 Å². The highest BCUT2D eigenvalue weighted by Gasteiger charge is 2.19. The number of rotatable bonds is 30. The molecule has 0 heterocycles. The maximum atomic E-state index is 11.9. The number of carbonyl (C=O) groups is 6. The summed E-state index contributed by atoms with van der Waals surface area (Å²) in [5.74, 6) is -2.78. The fourth-order valence-electron chi connectivity index (χ4n) is 3.91. The third-order valence-electron chi connectivity index (χ3n) is 6.28. The Morgan fingerprint density at radius 2 is 1.07 bits per heavy atom. The Hall–Kier alpha value is -3.06. The summed E-state index contributed by atoms with van der Waals surface area (Å²) in [5.41, 5.74) is 0. The van der Waals surface area contributed by atoms with Gasteiger partial charge < -0.3 is 40.4 Å². The summed E-state index contributed by atoms with van der Waals surface area (Å²) in [6, 6.07) is -1.15. The van der Waals surface area contributed by atoms with E-state index in [1.807, 2.05) is 0 Å². The van der Waals surface area contributed by atoms with Gasteiger partial charge in [0.15, 0.2) is 0 Å². The molecule has 0 unspecified atom stereocenters. The van der Waals surface area contributed by atoms with Gasteiger partial charge in [-0.25, -0.2) is 4.79 Å². The van der Waals surface area contributed by atoms with E-state index >= 15 is 0 Å². The standard InChI is InChI=1S/C29H51N3O10/c33-19-9-12-24(29(39)40)32-27(36)16-15-26(35)31-18-11-21-42-23-22-41-20-10-17-30-25(34)13-7-5-3-1-2-4-6-8-14-28(37)38/h19,24H,1-18,20-23H2,(H,30,34)(H,31,35)(H,32,36)(H,37,38)(H,39,40)/t24-/m0/s1. The summed E-state index contributed by atoms with van der Waals surface area (Å²) in [5, 5.41) is 25.5. The molecule has 42 heavy (non-hydrogen) atoms. The van der Waals surface area contributed by atoms with Crippen LogP contribution in [0.2, 0.25) is 0 Å². The Balaban J connectivity index is 3.45. The van der Waals surface area contributed by atoms with Gasteiger partial charge in [0.1, 0.15) is 12.3 Å². The number of hydrogen-bond donors (Lipinski definition) is 5. The van der Waals surface area contributed by atoms with Gasteiger partial charge in [-0.1, -0.05) is 38.5 Å². The van der Waals surface area contributed by atoms with Gasteiger partial charge >= 0.3 is 11.9 Å². The largest absolute Gasteiger partial charge is 0.481 e. The second-order valence-corrected chi connectivity index (χ2v) is 10.1. The SMILES string of the molecule is O=CCC[C@H](NC(=O)CCC(=O)NCCCOCCOCCCNC(=O)CCCCCCCCCCC(=O)O)C(=O)O. The number of nitrogens with one attached hydrogen (secondary N) is 3. The molecule has 0 aliphatic rings. The van der Waals surface area contributed by atoms with Crippen molar-refractivity contribution in [3.63, 3.8) is 0 Å². The number of aldehydes is 1. The van der Waals surface area contributed by atoms with Crippen molar-refractivity contribution in [1.82, 2.24) is 16.0 Å². The number of carboxylic acids is 2. The Morgan fingerprint density at radius 1 is 0.595 bits per heavy atom. The minimum atomic E-state index is -1.22. The number of hydrogen-bond acceptors (Lipinski definition) is 8. The van der Waals surface area contributed by atoms with Gasteiger partial charge in [0.25, 0.3) is 0 Å². The second-order valence-electron chi connectivity index (χ2n) is 10.1. The van der Waals surface area contributed by atoms with E-state index < -0.39 is 23.9 Å². The van der Waals surface area contributed by atoms with E-state index in [2.05, 4.69) is 16.0 Å². The summed E-state index contributed by atoms with van der Waals surface area (Å²) >= 11 is 0. The fraction of sp³-hybridized carbons (Fsp3) is 0.793. The van der Waals surface area contributed by atoms with Gasteiger partial charge in [-0.3, -0.25) is 19.2 Å². The lowest BCUT2D eigenvalue weighted by molar-refractivity contribution is -0.142. The molecule has 0 aromatic carbocycles. The summed E-state index contributed by atoms with van der Waals surface area (Å²) < 4.78 is 10.9. The molecule has 13 nitrogen and oxygen atoms in total. The first-order valence-electron chi connectivity index (χ1n) is 15.1. The van der Waals surface area contributed by atoms with E-state index in [1.165, 1.54) is 0 Å². The first-order chi connectivity index (χ1) is 20.3. The van der Waals surface area contributed by atoms with Crippen molar-refractivity contribution in [3.8, 4) is 0 Å². The molecule has 0 aliphatic carbocycles. The van der Waals surface area contributed by atoms with Gasteiger partial charge in [-0.05, 0) is 32.1 Å². The molecule has 0 spiro atoms. The molecule has 0 aromatic heterocycles. The van der Waals surface area contributed by atoms with Crippen LogP contribution < -0.4 is 16.0 Å². The highest BCUT2D eigenvalue weighted by Crippen LogP contribution is 2.10.